The molecular formula is C15H33N3O. The van der Waals surface area contributed by atoms with Crippen molar-refractivity contribution in [2.24, 2.45) is 5.92 Å². The summed E-state index contributed by atoms with van der Waals surface area (Å²) in [7, 11) is 2.13. The average Bonchev–Trinajstić information content (AvgIpc) is 2.33. The zero-order valence-electron chi connectivity index (χ0n) is 13.6. The Morgan fingerprint density at radius 3 is 2.26 bits per heavy atom. The molecule has 0 aromatic carbocycles. The Morgan fingerprint density at radius 1 is 1.11 bits per heavy atom. The molecule has 1 amide bonds. The van der Waals surface area contributed by atoms with E-state index in [0.717, 1.165) is 32.5 Å². The Bertz CT molecular complexity index is 242. The first-order chi connectivity index (χ1) is 8.84. The minimum Gasteiger partial charge on any atom is -0.355 e. The van der Waals surface area contributed by atoms with Crippen LogP contribution in [0.15, 0.2) is 0 Å². The van der Waals surface area contributed by atoms with Crippen LogP contribution in [-0.2, 0) is 4.79 Å². The first-order valence-corrected chi connectivity index (χ1v) is 7.56. The number of nitrogens with one attached hydrogen (secondary N) is 2. The number of carbonyl (C=O) groups is 1. The highest BCUT2D eigenvalue weighted by Crippen LogP contribution is 1.97. The second-order valence-corrected chi connectivity index (χ2v) is 6.08. The van der Waals surface area contributed by atoms with Crippen LogP contribution in [0.5, 0.6) is 0 Å². The first kappa shape index (κ1) is 18.4. The van der Waals surface area contributed by atoms with Gasteiger partial charge in [-0.1, -0.05) is 13.8 Å². The molecule has 0 radical (unpaired) electrons. The number of hydrogen-bond acceptors (Lipinski definition) is 3. The highest BCUT2D eigenvalue weighted by molar-refractivity contribution is 5.81. The van der Waals surface area contributed by atoms with Gasteiger partial charge in [-0.3, -0.25) is 4.79 Å². The van der Waals surface area contributed by atoms with Crippen LogP contribution in [0.1, 0.15) is 47.5 Å². The highest BCUT2D eigenvalue weighted by Gasteiger charge is 2.11. The molecule has 1 atom stereocenters. The smallest absolute Gasteiger partial charge is 0.236 e. The van der Waals surface area contributed by atoms with Gasteiger partial charge >= 0.3 is 0 Å². The molecule has 0 heterocycles. The van der Waals surface area contributed by atoms with E-state index in [2.05, 4.69) is 50.3 Å². The first-order valence-electron chi connectivity index (χ1n) is 7.56. The fraction of sp³-hybridized carbons (Fsp3) is 0.933. The Morgan fingerprint density at radius 2 is 1.74 bits per heavy atom. The van der Waals surface area contributed by atoms with E-state index in [0.29, 0.717) is 12.0 Å². The van der Waals surface area contributed by atoms with Crippen LogP contribution in [0.2, 0.25) is 0 Å². The van der Waals surface area contributed by atoms with Gasteiger partial charge in [0.25, 0.3) is 0 Å². The molecule has 0 saturated carbocycles. The maximum atomic E-state index is 11.8. The molecule has 0 aromatic heterocycles. The summed E-state index contributed by atoms with van der Waals surface area (Å²) in [6, 6.07) is 0.480. The minimum absolute atomic E-state index is 0.100. The fourth-order valence-electron chi connectivity index (χ4n) is 1.64. The molecule has 19 heavy (non-hydrogen) atoms. The van der Waals surface area contributed by atoms with Gasteiger partial charge in [-0.2, -0.15) is 0 Å². The van der Waals surface area contributed by atoms with Crippen molar-refractivity contribution >= 4 is 5.91 Å². The van der Waals surface area contributed by atoms with Crippen molar-refractivity contribution in [3.63, 3.8) is 0 Å². The highest BCUT2D eigenvalue weighted by atomic mass is 16.2. The van der Waals surface area contributed by atoms with Gasteiger partial charge in [0, 0.05) is 12.6 Å². The van der Waals surface area contributed by atoms with Gasteiger partial charge in [0.2, 0.25) is 5.91 Å². The zero-order chi connectivity index (χ0) is 14.8. The molecule has 4 heteroatoms. The molecule has 0 rings (SSSR count). The van der Waals surface area contributed by atoms with E-state index >= 15 is 0 Å². The van der Waals surface area contributed by atoms with Gasteiger partial charge in [-0.05, 0) is 59.7 Å². The monoisotopic (exact) mass is 271 g/mol. The summed E-state index contributed by atoms with van der Waals surface area (Å²) in [6.45, 7) is 13.4. The molecule has 0 aromatic rings. The normalized spacial score (nSPS) is 13.3. The average molecular weight is 271 g/mol. The summed E-state index contributed by atoms with van der Waals surface area (Å²) in [5, 5.41) is 6.25. The summed E-state index contributed by atoms with van der Waals surface area (Å²) < 4.78 is 0. The third-order valence-corrected chi connectivity index (χ3v) is 3.43. The lowest BCUT2D eigenvalue weighted by Crippen LogP contribution is -2.43. The van der Waals surface area contributed by atoms with E-state index in [1.165, 1.54) is 0 Å². The number of amides is 1. The van der Waals surface area contributed by atoms with Crippen LogP contribution in [0.3, 0.4) is 0 Å². The van der Waals surface area contributed by atoms with Crippen LogP contribution < -0.4 is 10.6 Å². The van der Waals surface area contributed by atoms with Crippen molar-refractivity contribution in [2.75, 3.05) is 26.7 Å². The summed E-state index contributed by atoms with van der Waals surface area (Å²) in [4.78, 5) is 14.1. The fourth-order valence-corrected chi connectivity index (χ4v) is 1.64. The Hall–Kier alpha value is -0.610. The number of nitrogens with zero attached hydrogens (tertiary/aromatic N) is 1. The molecule has 0 bridgehead atoms. The lowest BCUT2D eigenvalue weighted by molar-refractivity contribution is -0.122. The molecule has 1 unspecified atom stereocenters. The van der Waals surface area contributed by atoms with Crippen molar-refractivity contribution < 1.29 is 4.79 Å². The molecule has 0 fully saturated rings. The maximum Gasteiger partial charge on any atom is 0.236 e. The summed E-state index contributed by atoms with van der Waals surface area (Å²) in [5.41, 5.74) is 0. The van der Waals surface area contributed by atoms with Crippen molar-refractivity contribution in [2.45, 2.75) is 59.5 Å². The summed E-state index contributed by atoms with van der Waals surface area (Å²) >= 11 is 0. The van der Waals surface area contributed by atoms with Crippen molar-refractivity contribution in [1.82, 2.24) is 15.5 Å². The molecule has 114 valence electrons. The lowest BCUT2D eigenvalue weighted by Gasteiger charge is -2.21. The van der Waals surface area contributed by atoms with Crippen molar-refractivity contribution in [3.8, 4) is 0 Å². The van der Waals surface area contributed by atoms with Gasteiger partial charge in [-0.25, -0.2) is 0 Å². The number of rotatable bonds is 10. The van der Waals surface area contributed by atoms with Gasteiger partial charge in [0.05, 0.1) is 6.04 Å². The van der Waals surface area contributed by atoms with E-state index in [1.54, 1.807) is 0 Å². The zero-order valence-corrected chi connectivity index (χ0v) is 13.6. The molecule has 0 aliphatic heterocycles. The van der Waals surface area contributed by atoms with E-state index in [1.807, 2.05) is 6.92 Å². The van der Waals surface area contributed by atoms with Gasteiger partial charge in [0.15, 0.2) is 0 Å². The van der Waals surface area contributed by atoms with E-state index in [-0.39, 0.29) is 11.9 Å². The predicted octanol–water partition coefficient (Wildman–Crippen LogP) is 1.86. The van der Waals surface area contributed by atoms with E-state index < -0.39 is 0 Å². The van der Waals surface area contributed by atoms with Crippen LogP contribution >= 0.6 is 0 Å². The van der Waals surface area contributed by atoms with Gasteiger partial charge in [-0.15, -0.1) is 0 Å². The molecule has 0 saturated heterocycles. The summed E-state index contributed by atoms with van der Waals surface area (Å²) in [5.74, 6) is 0.744. The van der Waals surface area contributed by atoms with Crippen LogP contribution in [0.25, 0.3) is 0 Å². The number of hydrogen-bond donors (Lipinski definition) is 2. The lowest BCUT2D eigenvalue weighted by atomic mass is 10.1. The van der Waals surface area contributed by atoms with Crippen LogP contribution in [0.4, 0.5) is 0 Å². The predicted molar refractivity (Wildman–Crippen MR) is 82.3 cm³/mol. The van der Waals surface area contributed by atoms with Crippen LogP contribution in [0, 0.1) is 5.92 Å². The standard InChI is InChI=1S/C15H33N3O/c1-12(2)8-10-17-15(19)14(5)16-9-7-11-18(6)13(3)4/h12-14,16H,7-11H2,1-6H3,(H,17,19). The van der Waals surface area contributed by atoms with Gasteiger partial charge < -0.3 is 15.5 Å². The molecule has 4 nitrogen and oxygen atoms in total. The second-order valence-electron chi connectivity index (χ2n) is 6.08. The van der Waals surface area contributed by atoms with Crippen LogP contribution in [-0.4, -0.2) is 49.6 Å². The molecule has 0 aliphatic carbocycles. The van der Waals surface area contributed by atoms with Crippen molar-refractivity contribution in [1.29, 1.82) is 0 Å². The quantitative estimate of drug-likeness (QED) is 0.596. The van der Waals surface area contributed by atoms with E-state index in [4.69, 9.17) is 0 Å². The Balaban J connectivity index is 3.62. The van der Waals surface area contributed by atoms with E-state index in [9.17, 15) is 4.79 Å². The molecule has 0 aliphatic rings. The summed E-state index contributed by atoms with van der Waals surface area (Å²) in [6.07, 6.45) is 2.11. The molecular weight excluding hydrogens is 238 g/mol. The minimum atomic E-state index is -0.100. The number of carbonyl (C=O) groups excluding carboxylic acids is 1. The third kappa shape index (κ3) is 9.91. The topological polar surface area (TPSA) is 44.4 Å². The third-order valence-electron chi connectivity index (χ3n) is 3.43. The molecule has 0 spiro atoms. The second kappa shape index (κ2) is 10.2. The van der Waals surface area contributed by atoms with Gasteiger partial charge in [0.1, 0.15) is 0 Å². The largest absolute Gasteiger partial charge is 0.355 e. The SMILES string of the molecule is CC(C)CCNC(=O)C(C)NCCCN(C)C(C)C. The van der Waals surface area contributed by atoms with Crippen molar-refractivity contribution in [3.05, 3.63) is 0 Å². The Labute approximate surface area is 119 Å². The maximum absolute atomic E-state index is 11.8. The Kier molecular flexibility index (Phi) is 9.88. The molecule has 2 N–H and O–H groups in total.